The van der Waals surface area contributed by atoms with E-state index in [1.54, 1.807) is 0 Å². The third kappa shape index (κ3) is 3.56. The van der Waals surface area contributed by atoms with E-state index >= 15 is 0 Å². The first-order chi connectivity index (χ1) is 14.6. The molecule has 0 bridgehead atoms. The molecule has 2 aromatic heterocycles. The summed E-state index contributed by atoms with van der Waals surface area (Å²) in [6.45, 7) is 6.22. The molecule has 5 rings (SSSR count). The van der Waals surface area contributed by atoms with Crippen LogP contribution in [-0.4, -0.2) is 31.7 Å². The molecule has 156 valence electrons. The summed E-state index contributed by atoms with van der Waals surface area (Å²) in [5, 5.41) is 9.31. The van der Waals surface area contributed by atoms with E-state index in [9.17, 15) is 0 Å². The zero-order valence-corrected chi connectivity index (χ0v) is 18.3. The zero-order valence-electron chi connectivity index (χ0n) is 18.3. The summed E-state index contributed by atoms with van der Waals surface area (Å²) in [7, 11) is 2.16. The molecule has 1 aliphatic carbocycles. The minimum absolute atomic E-state index is 0.465. The van der Waals surface area contributed by atoms with Gasteiger partial charge in [0.2, 0.25) is 0 Å². The van der Waals surface area contributed by atoms with Gasteiger partial charge in [-0.25, -0.2) is 0 Å². The van der Waals surface area contributed by atoms with Crippen molar-refractivity contribution in [3.05, 3.63) is 71.1 Å². The van der Waals surface area contributed by atoms with Crippen LogP contribution in [0.4, 0.5) is 0 Å². The maximum Gasteiger partial charge on any atom is 0.151 e. The molecule has 1 fully saturated rings. The summed E-state index contributed by atoms with van der Waals surface area (Å²) in [6.07, 6.45) is 4.63. The molecule has 1 aliphatic heterocycles. The molecule has 5 nitrogen and oxygen atoms in total. The van der Waals surface area contributed by atoms with Crippen LogP contribution in [0.15, 0.2) is 42.5 Å². The highest BCUT2D eigenvalue weighted by molar-refractivity contribution is 5.44. The molecule has 0 unspecified atom stereocenters. The SMILES string of the molecule is CC(C)c1cccc(C2CCC(c3nnc4n3-c3ccccc3CN(C)C4)CC2)n1. The predicted molar refractivity (Wildman–Crippen MR) is 119 cm³/mol. The first kappa shape index (κ1) is 19.4. The molecule has 0 radical (unpaired) electrons. The number of rotatable bonds is 3. The van der Waals surface area contributed by atoms with Gasteiger partial charge in [0, 0.05) is 29.8 Å². The minimum atomic E-state index is 0.465. The van der Waals surface area contributed by atoms with Crippen molar-refractivity contribution in [2.75, 3.05) is 7.05 Å². The van der Waals surface area contributed by atoms with Gasteiger partial charge in [-0.15, -0.1) is 10.2 Å². The van der Waals surface area contributed by atoms with Crippen molar-refractivity contribution in [1.29, 1.82) is 0 Å². The quantitative estimate of drug-likeness (QED) is 0.607. The topological polar surface area (TPSA) is 46.8 Å². The molecule has 3 heterocycles. The van der Waals surface area contributed by atoms with Crippen LogP contribution < -0.4 is 0 Å². The Balaban J connectivity index is 1.40. The fourth-order valence-electron chi connectivity index (χ4n) is 5.08. The Hall–Kier alpha value is -2.53. The second-order valence-corrected chi connectivity index (χ2v) is 9.30. The Morgan fingerprint density at radius 1 is 0.867 bits per heavy atom. The summed E-state index contributed by atoms with van der Waals surface area (Å²) in [4.78, 5) is 7.29. The highest BCUT2D eigenvalue weighted by atomic mass is 15.3. The lowest BCUT2D eigenvalue weighted by molar-refractivity contribution is 0.315. The number of para-hydroxylation sites is 1. The molecule has 2 aliphatic rings. The minimum Gasteiger partial charge on any atom is -0.295 e. The number of aromatic nitrogens is 4. The molecular formula is C25H31N5. The zero-order chi connectivity index (χ0) is 20.7. The van der Waals surface area contributed by atoms with Crippen LogP contribution in [0.1, 0.15) is 85.9 Å². The standard InChI is InChI=1S/C25H31N5/c1-17(2)21-8-6-9-22(26-21)18-11-13-19(14-12-18)25-28-27-24-16-29(3)15-20-7-4-5-10-23(20)30(24)25/h4-10,17-19H,11-16H2,1-3H3. The lowest BCUT2D eigenvalue weighted by Gasteiger charge is -2.28. The molecule has 0 amide bonds. The molecule has 5 heteroatoms. The third-order valence-electron chi connectivity index (χ3n) is 6.73. The molecular weight excluding hydrogens is 370 g/mol. The normalized spacial score (nSPS) is 21.9. The van der Waals surface area contributed by atoms with E-state index in [1.807, 2.05) is 0 Å². The van der Waals surface area contributed by atoms with E-state index < -0.39 is 0 Å². The van der Waals surface area contributed by atoms with Crippen molar-refractivity contribution < 1.29 is 0 Å². The number of fused-ring (bicyclic) bond motifs is 3. The van der Waals surface area contributed by atoms with Crippen LogP contribution in [0.3, 0.4) is 0 Å². The van der Waals surface area contributed by atoms with Crippen molar-refractivity contribution in [1.82, 2.24) is 24.6 Å². The van der Waals surface area contributed by atoms with Gasteiger partial charge in [-0.1, -0.05) is 38.1 Å². The molecule has 3 aromatic rings. The average molecular weight is 402 g/mol. The van der Waals surface area contributed by atoms with Crippen molar-refractivity contribution in [2.24, 2.45) is 0 Å². The van der Waals surface area contributed by atoms with Crippen molar-refractivity contribution >= 4 is 0 Å². The number of hydrogen-bond donors (Lipinski definition) is 0. The predicted octanol–water partition coefficient (Wildman–Crippen LogP) is 5.17. The lowest BCUT2D eigenvalue weighted by Crippen LogP contribution is -2.18. The first-order valence-corrected chi connectivity index (χ1v) is 11.3. The van der Waals surface area contributed by atoms with Crippen LogP contribution in [-0.2, 0) is 13.1 Å². The largest absolute Gasteiger partial charge is 0.295 e. The number of pyridine rings is 1. The Morgan fingerprint density at radius 3 is 2.43 bits per heavy atom. The van der Waals surface area contributed by atoms with Gasteiger partial charge in [0.1, 0.15) is 5.82 Å². The van der Waals surface area contributed by atoms with Crippen LogP contribution in [0.2, 0.25) is 0 Å². The van der Waals surface area contributed by atoms with E-state index in [1.165, 1.54) is 35.5 Å². The van der Waals surface area contributed by atoms with E-state index in [0.29, 0.717) is 17.8 Å². The van der Waals surface area contributed by atoms with Crippen molar-refractivity contribution in [2.45, 2.75) is 70.4 Å². The van der Waals surface area contributed by atoms with E-state index in [4.69, 9.17) is 10.1 Å². The summed E-state index contributed by atoms with van der Waals surface area (Å²) < 4.78 is 2.35. The van der Waals surface area contributed by atoms with Crippen LogP contribution in [0.5, 0.6) is 0 Å². The van der Waals surface area contributed by atoms with E-state index in [2.05, 4.69) is 77.9 Å². The number of benzene rings is 1. The fourth-order valence-corrected chi connectivity index (χ4v) is 5.08. The second kappa shape index (κ2) is 7.95. The van der Waals surface area contributed by atoms with Gasteiger partial charge in [0.05, 0.1) is 12.2 Å². The van der Waals surface area contributed by atoms with Gasteiger partial charge in [-0.05, 0) is 62.4 Å². The number of nitrogens with zero attached hydrogens (tertiary/aromatic N) is 5. The molecule has 1 aromatic carbocycles. The van der Waals surface area contributed by atoms with Gasteiger partial charge >= 0.3 is 0 Å². The molecule has 0 spiro atoms. The Labute approximate surface area is 179 Å². The molecule has 30 heavy (non-hydrogen) atoms. The van der Waals surface area contributed by atoms with Crippen LogP contribution >= 0.6 is 0 Å². The smallest absolute Gasteiger partial charge is 0.151 e. The van der Waals surface area contributed by atoms with Gasteiger partial charge in [0.15, 0.2) is 5.82 Å². The van der Waals surface area contributed by atoms with E-state index in [-0.39, 0.29) is 0 Å². The molecule has 1 saturated carbocycles. The molecule has 0 saturated heterocycles. The fraction of sp³-hybridized carbons (Fsp3) is 0.480. The maximum atomic E-state index is 4.97. The third-order valence-corrected chi connectivity index (χ3v) is 6.73. The summed E-state index contributed by atoms with van der Waals surface area (Å²) in [5.74, 6) is 3.71. The van der Waals surface area contributed by atoms with Crippen LogP contribution in [0, 0.1) is 0 Å². The van der Waals surface area contributed by atoms with Gasteiger partial charge in [0.25, 0.3) is 0 Å². The Morgan fingerprint density at radius 2 is 1.63 bits per heavy atom. The Bertz CT molecular complexity index is 1030. The van der Waals surface area contributed by atoms with E-state index in [0.717, 1.165) is 37.6 Å². The Kier molecular flexibility index (Phi) is 5.15. The highest BCUT2D eigenvalue weighted by Crippen LogP contribution is 2.41. The summed E-state index contributed by atoms with van der Waals surface area (Å²) >= 11 is 0. The first-order valence-electron chi connectivity index (χ1n) is 11.3. The second-order valence-electron chi connectivity index (χ2n) is 9.30. The van der Waals surface area contributed by atoms with Gasteiger partial charge in [-0.2, -0.15) is 0 Å². The van der Waals surface area contributed by atoms with Gasteiger partial charge < -0.3 is 0 Å². The van der Waals surface area contributed by atoms with Crippen molar-refractivity contribution in [3.8, 4) is 5.69 Å². The summed E-state index contributed by atoms with van der Waals surface area (Å²) in [5.41, 5.74) is 5.08. The number of hydrogen-bond acceptors (Lipinski definition) is 4. The van der Waals surface area contributed by atoms with Gasteiger partial charge in [-0.3, -0.25) is 14.5 Å². The van der Waals surface area contributed by atoms with Crippen LogP contribution in [0.25, 0.3) is 5.69 Å². The van der Waals surface area contributed by atoms with Crippen molar-refractivity contribution in [3.63, 3.8) is 0 Å². The lowest BCUT2D eigenvalue weighted by atomic mass is 9.79. The maximum absolute atomic E-state index is 4.97. The molecule has 0 atom stereocenters. The monoisotopic (exact) mass is 401 g/mol. The summed E-state index contributed by atoms with van der Waals surface area (Å²) in [6, 6.07) is 15.3. The highest BCUT2D eigenvalue weighted by Gasteiger charge is 2.30. The average Bonchev–Trinajstić information content (AvgIpc) is 3.11. The molecule has 0 N–H and O–H groups in total.